The van der Waals surface area contributed by atoms with Crippen LogP contribution in [-0.4, -0.2) is 25.4 Å². The molecule has 0 aromatic heterocycles. The fourth-order valence-electron chi connectivity index (χ4n) is 2.54. The van der Waals surface area contributed by atoms with E-state index in [1.165, 1.54) is 0 Å². The summed E-state index contributed by atoms with van der Waals surface area (Å²) in [7, 11) is 1.57. The number of ketones is 1. The highest BCUT2D eigenvalue weighted by molar-refractivity contribution is 6.13. The first-order valence-electron chi connectivity index (χ1n) is 8.43. The summed E-state index contributed by atoms with van der Waals surface area (Å²) in [5.74, 6) is 0.757. The summed E-state index contributed by atoms with van der Waals surface area (Å²) in [5.41, 5.74) is 1.37. The van der Waals surface area contributed by atoms with Crippen molar-refractivity contribution in [2.24, 2.45) is 0 Å². The van der Waals surface area contributed by atoms with Crippen molar-refractivity contribution < 1.29 is 19.1 Å². The second-order valence-corrected chi connectivity index (χ2v) is 5.75. The standard InChI is InChI=1S/C22H19NO4/c1-26-17-13-11-16(12-14-17)22(25)19-9-5-6-10-20(19)23-21(24)15-27-18-7-3-2-4-8-18/h2-14H,15H2,1H3,(H,23,24). The van der Waals surface area contributed by atoms with Crippen LogP contribution >= 0.6 is 0 Å². The Hall–Kier alpha value is -3.60. The number of amides is 1. The number of carbonyl (C=O) groups is 2. The topological polar surface area (TPSA) is 64.6 Å². The van der Waals surface area contributed by atoms with Crippen LogP contribution in [-0.2, 0) is 4.79 Å². The molecule has 0 atom stereocenters. The van der Waals surface area contributed by atoms with Crippen molar-refractivity contribution in [1.29, 1.82) is 0 Å². The molecule has 0 aliphatic carbocycles. The number of hydrogen-bond donors (Lipinski definition) is 1. The van der Waals surface area contributed by atoms with Crippen LogP contribution in [0.15, 0.2) is 78.9 Å². The molecule has 1 amide bonds. The highest BCUT2D eigenvalue weighted by Crippen LogP contribution is 2.21. The van der Waals surface area contributed by atoms with Gasteiger partial charge in [0.05, 0.1) is 12.8 Å². The van der Waals surface area contributed by atoms with Crippen molar-refractivity contribution >= 4 is 17.4 Å². The van der Waals surface area contributed by atoms with E-state index in [4.69, 9.17) is 9.47 Å². The molecule has 3 aromatic rings. The van der Waals surface area contributed by atoms with E-state index in [2.05, 4.69) is 5.32 Å². The summed E-state index contributed by atoms with van der Waals surface area (Å²) in [4.78, 5) is 25.0. The van der Waals surface area contributed by atoms with Crippen LogP contribution in [0.1, 0.15) is 15.9 Å². The van der Waals surface area contributed by atoms with Gasteiger partial charge in [0.1, 0.15) is 11.5 Å². The van der Waals surface area contributed by atoms with Gasteiger partial charge in [-0.3, -0.25) is 9.59 Å². The van der Waals surface area contributed by atoms with Gasteiger partial charge < -0.3 is 14.8 Å². The molecule has 0 bridgehead atoms. The summed E-state index contributed by atoms with van der Waals surface area (Å²) in [6.45, 7) is -0.144. The van der Waals surface area contributed by atoms with Crippen LogP contribution in [0.3, 0.4) is 0 Å². The summed E-state index contributed by atoms with van der Waals surface area (Å²) >= 11 is 0. The summed E-state index contributed by atoms with van der Waals surface area (Å²) in [5, 5.41) is 2.74. The Balaban J connectivity index is 1.71. The first-order chi connectivity index (χ1) is 13.2. The average molecular weight is 361 g/mol. The Morgan fingerprint density at radius 1 is 0.815 bits per heavy atom. The van der Waals surface area contributed by atoms with E-state index in [1.807, 2.05) is 18.2 Å². The van der Waals surface area contributed by atoms with Gasteiger partial charge in [-0.05, 0) is 48.5 Å². The third kappa shape index (κ3) is 4.73. The molecule has 0 aliphatic heterocycles. The molecular formula is C22H19NO4. The molecular weight excluding hydrogens is 342 g/mol. The van der Waals surface area contributed by atoms with Crippen LogP contribution in [0, 0.1) is 0 Å². The summed E-state index contributed by atoms with van der Waals surface area (Å²) < 4.78 is 10.6. The van der Waals surface area contributed by atoms with Crippen LogP contribution in [0.5, 0.6) is 11.5 Å². The zero-order valence-electron chi connectivity index (χ0n) is 14.8. The SMILES string of the molecule is COc1ccc(C(=O)c2ccccc2NC(=O)COc2ccccc2)cc1. The lowest BCUT2D eigenvalue weighted by molar-refractivity contribution is -0.118. The number of ether oxygens (including phenoxy) is 2. The molecule has 0 heterocycles. The molecule has 3 aromatic carbocycles. The molecule has 0 aliphatic rings. The molecule has 3 rings (SSSR count). The van der Waals surface area contributed by atoms with E-state index < -0.39 is 0 Å². The maximum absolute atomic E-state index is 12.8. The first-order valence-corrected chi connectivity index (χ1v) is 8.43. The molecule has 0 fully saturated rings. The Morgan fingerprint density at radius 3 is 2.19 bits per heavy atom. The third-order valence-corrected chi connectivity index (χ3v) is 3.91. The normalized spacial score (nSPS) is 10.1. The quantitative estimate of drug-likeness (QED) is 0.647. The number of rotatable bonds is 7. The van der Waals surface area contributed by atoms with Crippen molar-refractivity contribution in [3.63, 3.8) is 0 Å². The smallest absolute Gasteiger partial charge is 0.262 e. The number of anilines is 1. The molecule has 136 valence electrons. The molecule has 0 spiro atoms. The van der Waals surface area contributed by atoms with Crippen molar-refractivity contribution in [1.82, 2.24) is 0 Å². The van der Waals surface area contributed by atoms with Gasteiger partial charge in [0.15, 0.2) is 12.4 Å². The number of benzene rings is 3. The van der Waals surface area contributed by atoms with Gasteiger partial charge in [0, 0.05) is 11.1 Å². The second kappa shape index (κ2) is 8.67. The fraction of sp³-hybridized carbons (Fsp3) is 0.0909. The highest BCUT2D eigenvalue weighted by Gasteiger charge is 2.15. The fourth-order valence-corrected chi connectivity index (χ4v) is 2.54. The monoisotopic (exact) mass is 361 g/mol. The minimum absolute atomic E-state index is 0.144. The minimum Gasteiger partial charge on any atom is -0.497 e. The largest absolute Gasteiger partial charge is 0.497 e. The predicted octanol–water partition coefficient (Wildman–Crippen LogP) is 3.94. The summed E-state index contributed by atoms with van der Waals surface area (Å²) in [6, 6.07) is 22.8. The zero-order chi connectivity index (χ0) is 19.1. The average Bonchev–Trinajstić information content (AvgIpc) is 2.73. The Morgan fingerprint density at radius 2 is 1.48 bits per heavy atom. The number of methoxy groups -OCH3 is 1. The van der Waals surface area contributed by atoms with Gasteiger partial charge in [-0.1, -0.05) is 30.3 Å². The number of carbonyl (C=O) groups excluding carboxylic acids is 2. The number of para-hydroxylation sites is 2. The van der Waals surface area contributed by atoms with Gasteiger partial charge >= 0.3 is 0 Å². The Kier molecular flexibility index (Phi) is 5.84. The van der Waals surface area contributed by atoms with Crippen molar-refractivity contribution in [3.05, 3.63) is 90.0 Å². The molecule has 27 heavy (non-hydrogen) atoms. The Labute approximate surface area is 157 Å². The zero-order valence-corrected chi connectivity index (χ0v) is 14.8. The van der Waals surface area contributed by atoms with Gasteiger partial charge in [-0.25, -0.2) is 0 Å². The van der Waals surface area contributed by atoms with E-state index in [1.54, 1.807) is 67.8 Å². The molecule has 0 saturated heterocycles. The lowest BCUT2D eigenvalue weighted by Crippen LogP contribution is -2.21. The van der Waals surface area contributed by atoms with E-state index in [0.717, 1.165) is 0 Å². The van der Waals surface area contributed by atoms with Crippen LogP contribution in [0.25, 0.3) is 0 Å². The van der Waals surface area contributed by atoms with E-state index in [9.17, 15) is 9.59 Å². The van der Waals surface area contributed by atoms with Crippen LogP contribution in [0.4, 0.5) is 5.69 Å². The van der Waals surface area contributed by atoms with Crippen molar-refractivity contribution in [2.45, 2.75) is 0 Å². The predicted molar refractivity (Wildman–Crippen MR) is 103 cm³/mol. The van der Waals surface area contributed by atoms with Gasteiger partial charge in [0.25, 0.3) is 5.91 Å². The van der Waals surface area contributed by atoms with Gasteiger partial charge in [-0.15, -0.1) is 0 Å². The third-order valence-electron chi connectivity index (χ3n) is 3.91. The minimum atomic E-state index is -0.339. The molecule has 0 radical (unpaired) electrons. The number of nitrogens with one attached hydrogen (secondary N) is 1. The number of hydrogen-bond acceptors (Lipinski definition) is 4. The maximum Gasteiger partial charge on any atom is 0.262 e. The van der Waals surface area contributed by atoms with E-state index in [-0.39, 0.29) is 18.3 Å². The van der Waals surface area contributed by atoms with Gasteiger partial charge in [-0.2, -0.15) is 0 Å². The van der Waals surface area contributed by atoms with Crippen LogP contribution in [0.2, 0.25) is 0 Å². The molecule has 0 saturated carbocycles. The first kappa shape index (κ1) is 18.2. The summed E-state index contributed by atoms with van der Waals surface area (Å²) in [6.07, 6.45) is 0. The highest BCUT2D eigenvalue weighted by atomic mass is 16.5. The van der Waals surface area contributed by atoms with Gasteiger partial charge in [0.2, 0.25) is 0 Å². The lowest BCUT2D eigenvalue weighted by Gasteiger charge is -2.11. The molecule has 5 nitrogen and oxygen atoms in total. The lowest BCUT2D eigenvalue weighted by atomic mass is 10.0. The molecule has 1 N–H and O–H groups in total. The maximum atomic E-state index is 12.8. The molecule has 5 heteroatoms. The van der Waals surface area contributed by atoms with E-state index in [0.29, 0.717) is 28.3 Å². The molecule has 0 unspecified atom stereocenters. The van der Waals surface area contributed by atoms with Crippen molar-refractivity contribution in [3.8, 4) is 11.5 Å². The second-order valence-electron chi connectivity index (χ2n) is 5.75. The van der Waals surface area contributed by atoms with Crippen LogP contribution < -0.4 is 14.8 Å². The van der Waals surface area contributed by atoms with Crippen molar-refractivity contribution in [2.75, 3.05) is 19.0 Å². The van der Waals surface area contributed by atoms with E-state index >= 15 is 0 Å². The Bertz CT molecular complexity index is 921.